The second-order valence-electron chi connectivity index (χ2n) is 3.87. The molecule has 2 aliphatic rings. The molecule has 7 heteroatoms. The molecule has 0 bridgehead atoms. The van der Waals surface area contributed by atoms with Crippen LogP contribution in [0.1, 0.15) is 25.7 Å². The number of rotatable bonds is 1. The Bertz CT molecular complexity index is 235. The molecule has 80 valence electrons. The van der Waals surface area contributed by atoms with Gasteiger partial charge in [-0.3, -0.25) is 0 Å². The topological polar surface area (TPSA) is 87.1 Å². The molecule has 1 saturated carbocycles. The van der Waals surface area contributed by atoms with Gasteiger partial charge >= 0.3 is 29.6 Å². The van der Waals surface area contributed by atoms with Gasteiger partial charge in [-0.25, -0.2) is 0 Å². The van der Waals surface area contributed by atoms with E-state index in [0.29, 0.717) is 23.0 Å². The van der Waals surface area contributed by atoms with E-state index in [1.165, 1.54) is 0 Å². The Labute approximate surface area is 110 Å². The summed E-state index contributed by atoms with van der Waals surface area (Å²) in [4.78, 5) is 10.7. The number of carbonyl (C=O) groups excluding carboxylic acids is 1. The van der Waals surface area contributed by atoms with Crippen molar-refractivity contribution in [2.24, 2.45) is 0 Å². The summed E-state index contributed by atoms with van der Waals surface area (Å²) < 4.78 is 0. The minimum atomic E-state index is -1.47. The van der Waals surface area contributed by atoms with Crippen molar-refractivity contribution in [2.75, 3.05) is 0 Å². The first-order chi connectivity index (χ1) is 6.63. The molecule has 0 amide bonds. The first-order valence-electron chi connectivity index (χ1n) is 4.78. The number of carbonyl (C=O) groups is 1. The predicted octanol–water partition coefficient (Wildman–Crippen LogP) is -4.23. The summed E-state index contributed by atoms with van der Waals surface area (Å²) >= 11 is 0. The molecule has 1 saturated heterocycles. The Hall–Kier alpha value is 0.310. The van der Waals surface area contributed by atoms with Crippen LogP contribution in [0.4, 0.5) is 0 Å². The molecule has 0 aromatic rings. The number of hydroxylamine groups is 4. The maximum atomic E-state index is 10.7. The summed E-state index contributed by atoms with van der Waals surface area (Å²) in [6.07, 6.45) is 1.91. The fraction of sp³-hybridized carbons (Fsp3) is 0.875. The summed E-state index contributed by atoms with van der Waals surface area (Å²) in [5.74, 6) is -1.47. The molecular formula is C8H13N2NaO4. The number of hydrogen-bond donors (Lipinski definition) is 2. The van der Waals surface area contributed by atoms with E-state index in [-0.39, 0.29) is 41.6 Å². The summed E-state index contributed by atoms with van der Waals surface area (Å²) in [5.41, 5.74) is 0. The van der Waals surface area contributed by atoms with Crippen LogP contribution in [0.5, 0.6) is 0 Å². The number of carboxylic acid groups (broad SMARTS) is 1. The van der Waals surface area contributed by atoms with E-state index in [9.17, 15) is 20.3 Å². The molecule has 15 heavy (non-hydrogen) atoms. The molecule has 2 unspecified atom stereocenters. The summed E-state index contributed by atoms with van der Waals surface area (Å²) in [6.45, 7) is 0. The number of carboxylic acids is 1. The van der Waals surface area contributed by atoms with E-state index in [2.05, 4.69) is 0 Å². The minimum absolute atomic E-state index is 0. The van der Waals surface area contributed by atoms with Gasteiger partial charge in [-0.15, -0.1) is 0 Å². The molecule has 0 spiro atoms. The third-order valence-corrected chi connectivity index (χ3v) is 3.09. The fourth-order valence-corrected chi connectivity index (χ4v) is 2.41. The molecule has 0 aromatic carbocycles. The van der Waals surface area contributed by atoms with Crippen LogP contribution in [0.3, 0.4) is 0 Å². The van der Waals surface area contributed by atoms with Gasteiger partial charge < -0.3 is 20.3 Å². The number of nitrogens with zero attached hydrogens (tertiary/aromatic N) is 2. The zero-order valence-electron chi connectivity index (χ0n) is 8.67. The summed E-state index contributed by atoms with van der Waals surface area (Å²) in [7, 11) is 0. The number of fused-ring (bicyclic) bond motifs is 1. The Balaban J connectivity index is 0.00000112. The zero-order chi connectivity index (χ0) is 10.3. The van der Waals surface area contributed by atoms with E-state index in [1.54, 1.807) is 0 Å². The molecular weight excluding hydrogens is 211 g/mol. The van der Waals surface area contributed by atoms with Gasteiger partial charge in [-0.05, 0) is 12.8 Å². The Morgan fingerprint density at radius 1 is 1.13 bits per heavy atom. The van der Waals surface area contributed by atoms with E-state index in [4.69, 9.17) is 0 Å². The van der Waals surface area contributed by atoms with Crippen molar-refractivity contribution in [3.63, 3.8) is 0 Å². The molecule has 6 nitrogen and oxygen atoms in total. The zero-order valence-corrected chi connectivity index (χ0v) is 10.7. The number of hydrogen-bond acceptors (Lipinski definition) is 6. The summed E-state index contributed by atoms with van der Waals surface area (Å²) in [6, 6.07) is -0.562. The summed E-state index contributed by atoms with van der Waals surface area (Å²) in [5, 5.41) is 31.1. The predicted molar refractivity (Wildman–Crippen MR) is 42.1 cm³/mol. The first-order valence-corrected chi connectivity index (χ1v) is 4.78. The van der Waals surface area contributed by atoms with Gasteiger partial charge in [0.25, 0.3) is 0 Å². The SMILES string of the molecule is O=C([O-])C1N(O)C2CCCCC2N1O.[Na+]. The van der Waals surface area contributed by atoms with Crippen LogP contribution in [-0.4, -0.2) is 44.8 Å². The van der Waals surface area contributed by atoms with Gasteiger partial charge in [0.1, 0.15) is 6.17 Å². The third kappa shape index (κ3) is 2.21. The van der Waals surface area contributed by atoms with Gasteiger partial charge in [0, 0.05) is 0 Å². The molecule has 0 radical (unpaired) electrons. The van der Waals surface area contributed by atoms with E-state index in [1.807, 2.05) is 0 Å². The average Bonchev–Trinajstić information content (AvgIpc) is 2.41. The standard InChI is InChI=1S/C8H14N2O4.Na/c11-8(12)7-9(13)5-3-1-2-4-6(5)10(7)14;/h5-7,13-14H,1-4H2,(H,11,12);/q;+1/p-1. The average molecular weight is 224 g/mol. The van der Waals surface area contributed by atoms with Crippen LogP contribution in [0.25, 0.3) is 0 Å². The van der Waals surface area contributed by atoms with Crippen LogP contribution in [0, 0.1) is 0 Å². The van der Waals surface area contributed by atoms with E-state index < -0.39 is 12.1 Å². The van der Waals surface area contributed by atoms with Crippen LogP contribution < -0.4 is 34.7 Å². The fourth-order valence-electron chi connectivity index (χ4n) is 2.41. The molecule has 0 aromatic heterocycles. The van der Waals surface area contributed by atoms with Gasteiger partial charge in [0.2, 0.25) is 0 Å². The molecule has 1 aliphatic carbocycles. The Morgan fingerprint density at radius 3 is 1.87 bits per heavy atom. The maximum Gasteiger partial charge on any atom is 1.00 e. The van der Waals surface area contributed by atoms with Crippen molar-refractivity contribution < 1.29 is 49.9 Å². The smallest absolute Gasteiger partial charge is 0.547 e. The van der Waals surface area contributed by atoms with Gasteiger partial charge in [0.15, 0.2) is 0 Å². The van der Waals surface area contributed by atoms with Crippen molar-refractivity contribution in [1.29, 1.82) is 0 Å². The largest absolute Gasteiger partial charge is 1.00 e. The second-order valence-corrected chi connectivity index (χ2v) is 3.87. The first kappa shape index (κ1) is 13.4. The van der Waals surface area contributed by atoms with Gasteiger partial charge in [-0.2, -0.15) is 10.1 Å². The van der Waals surface area contributed by atoms with Crippen LogP contribution in [0.2, 0.25) is 0 Å². The van der Waals surface area contributed by atoms with Gasteiger partial charge in [-0.1, -0.05) is 12.8 Å². The Kier molecular flexibility index (Phi) is 4.54. The quantitative estimate of drug-likeness (QED) is 0.439. The molecule has 1 heterocycles. The van der Waals surface area contributed by atoms with E-state index >= 15 is 0 Å². The maximum absolute atomic E-state index is 10.7. The van der Waals surface area contributed by atoms with Crippen LogP contribution >= 0.6 is 0 Å². The monoisotopic (exact) mass is 224 g/mol. The molecule has 2 atom stereocenters. The Morgan fingerprint density at radius 2 is 1.53 bits per heavy atom. The molecule has 1 aliphatic heterocycles. The molecule has 2 N–H and O–H groups in total. The van der Waals surface area contributed by atoms with Gasteiger partial charge in [0.05, 0.1) is 18.1 Å². The van der Waals surface area contributed by atoms with Crippen LogP contribution in [0.15, 0.2) is 0 Å². The van der Waals surface area contributed by atoms with E-state index in [0.717, 1.165) is 12.8 Å². The van der Waals surface area contributed by atoms with Crippen molar-refractivity contribution >= 4 is 5.97 Å². The minimum Gasteiger partial charge on any atom is -0.547 e. The molecule has 2 rings (SSSR count). The van der Waals surface area contributed by atoms with Crippen molar-refractivity contribution in [3.05, 3.63) is 0 Å². The molecule has 2 fully saturated rings. The van der Waals surface area contributed by atoms with Crippen molar-refractivity contribution in [2.45, 2.75) is 43.9 Å². The van der Waals surface area contributed by atoms with Crippen molar-refractivity contribution in [1.82, 2.24) is 10.1 Å². The second kappa shape index (κ2) is 5.09. The number of aliphatic carboxylic acids is 1. The van der Waals surface area contributed by atoms with Crippen LogP contribution in [-0.2, 0) is 4.79 Å². The third-order valence-electron chi connectivity index (χ3n) is 3.09. The normalized spacial score (nSPS) is 37.1. The van der Waals surface area contributed by atoms with Crippen molar-refractivity contribution in [3.8, 4) is 0 Å².